The van der Waals surface area contributed by atoms with E-state index in [4.69, 9.17) is 10.00 Å². The standard InChI is InChI=1S/C23H37NO/c1-7-9-14-23(5,6)22(16-19(4)15-18(3)8-2)20-10-12-21(13-11-20)25-17-24/h10-13,18-19,22H,7-9,14-16H2,1-6H3. The molecular weight excluding hydrogens is 306 g/mol. The average molecular weight is 344 g/mol. The van der Waals surface area contributed by atoms with Crippen LogP contribution >= 0.6 is 0 Å². The fourth-order valence-corrected chi connectivity index (χ4v) is 3.89. The molecule has 0 N–H and O–H groups in total. The third-order valence-corrected chi connectivity index (χ3v) is 5.70. The second-order valence-corrected chi connectivity index (χ2v) is 8.50. The highest BCUT2D eigenvalue weighted by Crippen LogP contribution is 2.44. The summed E-state index contributed by atoms with van der Waals surface area (Å²) in [6.45, 7) is 14.2. The summed E-state index contributed by atoms with van der Waals surface area (Å²) in [5.74, 6) is 2.68. The molecule has 1 rings (SSSR count). The average Bonchev–Trinajstić information content (AvgIpc) is 2.59. The van der Waals surface area contributed by atoms with E-state index >= 15 is 0 Å². The second kappa shape index (κ2) is 10.5. The summed E-state index contributed by atoms with van der Waals surface area (Å²) in [4.78, 5) is 0. The van der Waals surface area contributed by atoms with Gasteiger partial charge in [0.05, 0.1) is 0 Å². The predicted molar refractivity (Wildman–Crippen MR) is 107 cm³/mol. The van der Waals surface area contributed by atoms with Gasteiger partial charge in [0.1, 0.15) is 5.75 Å². The zero-order valence-electron chi connectivity index (χ0n) is 17.1. The first-order chi connectivity index (χ1) is 11.8. The van der Waals surface area contributed by atoms with Crippen LogP contribution in [-0.4, -0.2) is 0 Å². The molecule has 0 spiro atoms. The van der Waals surface area contributed by atoms with Gasteiger partial charge in [-0.25, -0.2) is 0 Å². The minimum absolute atomic E-state index is 0.275. The number of hydrogen-bond acceptors (Lipinski definition) is 2. The Balaban J connectivity index is 2.99. The van der Waals surface area contributed by atoms with Crippen LogP contribution in [0.5, 0.6) is 5.75 Å². The normalized spacial score (nSPS) is 15.2. The van der Waals surface area contributed by atoms with Gasteiger partial charge in [-0.15, -0.1) is 5.26 Å². The lowest BCUT2D eigenvalue weighted by Gasteiger charge is -2.37. The van der Waals surface area contributed by atoms with Crippen LogP contribution in [0.4, 0.5) is 0 Å². The molecule has 1 aromatic rings. The summed E-state index contributed by atoms with van der Waals surface area (Å²) >= 11 is 0. The molecule has 0 saturated heterocycles. The van der Waals surface area contributed by atoms with E-state index in [1.165, 1.54) is 44.1 Å². The molecule has 0 aliphatic carbocycles. The fourth-order valence-electron chi connectivity index (χ4n) is 3.89. The maximum Gasteiger partial charge on any atom is 0.292 e. The molecule has 3 atom stereocenters. The molecule has 0 radical (unpaired) electrons. The van der Waals surface area contributed by atoms with Crippen molar-refractivity contribution in [2.75, 3.05) is 0 Å². The van der Waals surface area contributed by atoms with Crippen LogP contribution in [0, 0.1) is 28.8 Å². The maximum atomic E-state index is 8.68. The van der Waals surface area contributed by atoms with E-state index < -0.39 is 0 Å². The zero-order chi connectivity index (χ0) is 18.9. The van der Waals surface area contributed by atoms with Gasteiger partial charge >= 0.3 is 0 Å². The lowest BCUT2D eigenvalue weighted by atomic mass is 9.68. The number of unbranched alkanes of at least 4 members (excludes halogenated alkanes) is 1. The summed E-state index contributed by atoms with van der Waals surface area (Å²) in [5.41, 5.74) is 1.65. The van der Waals surface area contributed by atoms with Crippen LogP contribution in [0.15, 0.2) is 24.3 Å². The van der Waals surface area contributed by atoms with Crippen molar-refractivity contribution in [2.24, 2.45) is 17.3 Å². The number of hydrogen-bond donors (Lipinski definition) is 0. The predicted octanol–water partition coefficient (Wildman–Crippen LogP) is 7.31. The Kier molecular flexibility index (Phi) is 9.04. The molecule has 25 heavy (non-hydrogen) atoms. The first-order valence-corrected chi connectivity index (χ1v) is 9.99. The monoisotopic (exact) mass is 343 g/mol. The third-order valence-electron chi connectivity index (χ3n) is 5.70. The first kappa shape index (κ1) is 21.6. The molecule has 0 heterocycles. The minimum Gasteiger partial charge on any atom is -0.388 e. The molecule has 1 aromatic carbocycles. The molecule has 2 heteroatoms. The van der Waals surface area contributed by atoms with Gasteiger partial charge in [-0.05, 0) is 60.1 Å². The first-order valence-electron chi connectivity index (χ1n) is 9.99. The minimum atomic E-state index is 0.275. The van der Waals surface area contributed by atoms with Crippen LogP contribution in [0.3, 0.4) is 0 Å². The van der Waals surface area contributed by atoms with Crippen LogP contribution in [0.2, 0.25) is 0 Å². The lowest BCUT2D eigenvalue weighted by Crippen LogP contribution is -2.24. The number of nitriles is 1. The van der Waals surface area contributed by atoms with Crippen molar-refractivity contribution in [2.45, 2.75) is 86.0 Å². The van der Waals surface area contributed by atoms with Crippen molar-refractivity contribution in [1.29, 1.82) is 5.26 Å². The Morgan fingerprint density at radius 3 is 2.20 bits per heavy atom. The van der Waals surface area contributed by atoms with Crippen molar-refractivity contribution in [3.05, 3.63) is 29.8 Å². The Bertz CT molecular complexity index is 526. The Labute approximate surface area is 155 Å². The van der Waals surface area contributed by atoms with Gasteiger partial charge in [0.15, 0.2) is 0 Å². The number of benzene rings is 1. The number of nitrogens with zero attached hydrogens (tertiary/aromatic N) is 1. The van der Waals surface area contributed by atoms with E-state index in [1.54, 1.807) is 6.26 Å². The molecule has 140 valence electrons. The Hall–Kier alpha value is -1.49. The molecule has 0 aliphatic heterocycles. The Morgan fingerprint density at radius 2 is 1.68 bits per heavy atom. The Morgan fingerprint density at radius 1 is 1.04 bits per heavy atom. The van der Waals surface area contributed by atoms with E-state index in [2.05, 4.69) is 53.7 Å². The molecule has 0 bridgehead atoms. The van der Waals surface area contributed by atoms with Crippen molar-refractivity contribution >= 4 is 0 Å². The summed E-state index contributed by atoms with van der Waals surface area (Å²) in [6.07, 6.45) is 9.30. The molecule has 0 aliphatic rings. The quantitative estimate of drug-likeness (QED) is 0.395. The molecule has 2 nitrogen and oxygen atoms in total. The highest BCUT2D eigenvalue weighted by atomic mass is 16.5. The van der Waals surface area contributed by atoms with Gasteiger partial charge in [-0.1, -0.05) is 72.9 Å². The molecule has 0 fully saturated rings. The van der Waals surface area contributed by atoms with E-state index in [1.807, 2.05) is 12.1 Å². The molecule has 0 amide bonds. The van der Waals surface area contributed by atoms with Gasteiger partial charge in [0, 0.05) is 0 Å². The maximum absolute atomic E-state index is 8.68. The SMILES string of the molecule is CCCCC(C)(C)C(CC(C)CC(C)CC)c1ccc(OC#N)cc1. The van der Waals surface area contributed by atoms with Gasteiger partial charge in [-0.2, -0.15) is 0 Å². The van der Waals surface area contributed by atoms with Crippen LogP contribution < -0.4 is 4.74 Å². The molecule has 0 saturated carbocycles. The van der Waals surface area contributed by atoms with Crippen molar-refractivity contribution in [3.8, 4) is 12.0 Å². The highest BCUT2D eigenvalue weighted by Gasteiger charge is 2.31. The third kappa shape index (κ3) is 7.10. The van der Waals surface area contributed by atoms with Crippen molar-refractivity contribution < 1.29 is 4.74 Å². The van der Waals surface area contributed by atoms with Crippen molar-refractivity contribution in [1.82, 2.24) is 0 Å². The van der Waals surface area contributed by atoms with Crippen LogP contribution in [-0.2, 0) is 0 Å². The largest absolute Gasteiger partial charge is 0.388 e. The topological polar surface area (TPSA) is 33.0 Å². The lowest BCUT2D eigenvalue weighted by molar-refractivity contribution is 0.212. The molecular formula is C23H37NO. The number of ether oxygens (including phenoxy) is 1. The van der Waals surface area contributed by atoms with Crippen molar-refractivity contribution in [3.63, 3.8) is 0 Å². The van der Waals surface area contributed by atoms with Gasteiger partial charge in [0.25, 0.3) is 6.26 Å². The molecule has 0 aromatic heterocycles. The van der Waals surface area contributed by atoms with E-state index in [0.29, 0.717) is 11.7 Å². The summed E-state index contributed by atoms with van der Waals surface area (Å²) in [6, 6.07) is 8.17. The number of rotatable bonds is 11. The summed E-state index contributed by atoms with van der Waals surface area (Å²) in [7, 11) is 0. The fraction of sp³-hybridized carbons (Fsp3) is 0.696. The summed E-state index contributed by atoms with van der Waals surface area (Å²) < 4.78 is 4.94. The summed E-state index contributed by atoms with van der Waals surface area (Å²) in [5, 5.41) is 8.68. The van der Waals surface area contributed by atoms with Crippen LogP contribution in [0.25, 0.3) is 0 Å². The van der Waals surface area contributed by atoms with E-state index in [9.17, 15) is 0 Å². The van der Waals surface area contributed by atoms with Gasteiger partial charge in [0.2, 0.25) is 0 Å². The second-order valence-electron chi connectivity index (χ2n) is 8.50. The van der Waals surface area contributed by atoms with Gasteiger partial charge < -0.3 is 4.74 Å². The van der Waals surface area contributed by atoms with Crippen LogP contribution in [0.1, 0.15) is 91.5 Å². The van der Waals surface area contributed by atoms with E-state index in [-0.39, 0.29) is 5.41 Å². The van der Waals surface area contributed by atoms with Gasteiger partial charge in [-0.3, -0.25) is 0 Å². The van der Waals surface area contributed by atoms with E-state index in [0.717, 1.165) is 11.8 Å². The highest BCUT2D eigenvalue weighted by molar-refractivity contribution is 5.31. The smallest absolute Gasteiger partial charge is 0.292 e. The molecule has 3 unspecified atom stereocenters. The zero-order valence-corrected chi connectivity index (χ0v) is 17.1.